The van der Waals surface area contributed by atoms with Gasteiger partial charge in [-0.05, 0) is 32.9 Å². The summed E-state index contributed by atoms with van der Waals surface area (Å²) in [7, 11) is -0.487. The van der Waals surface area contributed by atoms with E-state index in [0.29, 0.717) is 11.3 Å². The summed E-state index contributed by atoms with van der Waals surface area (Å²) in [6.07, 6.45) is 1.61. The quantitative estimate of drug-likeness (QED) is 0.448. The molecule has 0 saturated carbocycles. The average Bonchev–Trinajstić information content (AvgIpc) is 2.50. The molecule has 1 rings (SSSR count). The molecule has 0 bridgehead atoms. The number of likely N-dealkylation sites (N-methyl/N-ethyl adjacent to an activating group) is 1. The van der Waals surface area contributed by atoms with Crippen molar-refractivity contribution >= 4 is 13.0 Å². The maximum Gasteiger partial charge on any atom is 0.260 e. The predicted octanol–water partition coefficient (Wildman–Crippen LogP) is 4.67. The number of benzene rings is 1. The smallest absolute Gasteiger partial charge is 0.260 e. The van der Waals surface area contributed by atoms with E-state index in [0.717, 1.165) is 11.1 Å². The third-order valence-corrected chi connectivity index (χ3v) is 3.89. The fourth-order valence-electron chi connectivity index (χ4n) is 1.90. The highest BCUT2D eigenvalue weighted by Crippen LogP contribution is 2.35. The molecule has 1 aromatic carbocycles. The third-order valence-electron chi connectivity index (χ3n) is 2.73. The van der Waals surface area contributed by atoms with Crippen molar-refractivity contribution in [2.45, 2.75) is 47.6 Å². The molecular weight excluding hydrogens is 335 g/mol. The van der Waals surface area contributed by atoms with Crippen molar-refractivity contribution in [2.75, 3.05) is 33.2 Å². The van der Waals surface area contributed by atoms with Gasteiger partial charge in [0.15, 0.2) is 0 Å². The van der Waals surface area contributed by atoms with Crippen molar-refractivity contribution in [2.24, 2.45) is 0 Å². The van der Waals surface area contributed by atoms with E-state index in [9.17, 15) is 14.6 Å². The molecular formula is C19H37N2O3P. The number of hydrogen-bond acceptors (Lipinski definition) is 4. The molecule has 146 valence electrons. The van der Waals surface area contributed by atoms with E-state index in [1.54, 1.807) is 25.3 Å². The van der Waals surface area contributed by atoms with Crippen molar-refractivity contribution in [1.29, 1.82) is 0 Å². The second-order valence-corrected chi connectivity index (χ2v) is 9.80. The Morgan fingerprint density at radius 1 is 1.12 bits per heavy atom. The maximum atomic E-state index is 11.9. The fraction of sp³-hybridized carbons (Fsp3) is 0.632. The highest BCUT2D eigenvalue weighted by molar-refractivity contribution is 7.62. The normalized spacial score (nSPS) is 10.3. The van der Waals surface area contributed by atoms with Gasteiger partial charge in [-0.15, -0.1) is 0 Å². The molecule has 0 aliphatic heterocycles. The molecule has 0 aliphatic carbocycles. The van der Waals surface area contributed by atoms with Gasteiger partial charge in [0, 0.05) is 0 Å². The van der Waals surface area contributed by atoms with Crippen molar-refractivity contribution in [3.8, 4) is 0 Å². The van der Waals surface area contributed by atoms with E-state index >= 15 is 0 Å². The van der Waals surface area contributed by atoms with Gasteiger partial charge in [-0.3, -0.25) is 14.9 Å². The Hall–Kier alpha value is -1.16. The molecule has 0 aliphatic rings. The topological polar surface area (TPSA) is 60.9 Å². The van der Waals surface area contributed by atoms with Crippen molar-refractivity contribution in [3.05, 3.63) is 35.4 Å². The molecule has 1 N–H and O–H groups in total. The first kappa shape index (κ1) is 26.1. The number of aryl methyl sites for hydroxylation is 1. The lowest BCUT2D eigenvalue weighted by atomic mass is 10.1. The van der Waals surface area contributed by atoms with E-state index in [1.807, 2.05) is 45.0 Å². The van der Waals surface area contributed by atoms with Crippen LogP contribution in [0.4, 0.5) is 0 Å². The lowest BCUT2D eigenvalue weighted by Gasteiger charge is -2.21. The first-order chi connectivity index (χ1) is 11.6. The number of carbonyl (C=O) groups is 1. The molecule has 25 heavy (non-hydrogen) atoms. The van der Waals surface area contributed by atoms with Crippen molar-refractivity contribution in [3.63, 3.8) is 0 Å². The Morgan fingerprint density at radius 2 is 1.56 bits per heavy atom. The molecule has 1 amide bonds. The molecule has 0 spiro atoms. The molecule has 0 radical (unpaired) electrons. The predicted molar refractivity (Wildman–Crippen MR) is 108 cm³/mol. The van der Waals surface area contributed by atoms with Crippen LogP contribution in [-0.2, 0) is 15.9 Å². The van der Waals surface area contributed by atoms with Crippen LogP contribution >= 0.6 is 7.14 Å². The first-order valence-corrected chi connectivity index (χ1v) is 11.6. The van der Waals surface area contributed by atoms with Gasteiger partial charge in [0.2, 0.25) is 0 Å². The minimum Gasteiger partial charge on any atom is -0.323 e. The second-order valence-electron chi connectivity index (χ2n) is 6.37. The lowest BCUT2D eigenvalue weighted by molar-refractivity contribution is -0.168. The lowest BCUT2D eigenvalue weighted by Crippen LogP contribution is -2.36. The number of carbonyl (C=O) groups excluding carboxylic acids is 1. The molecule has 6 heteroatoms. The molecule has 0 aromatic heterocycles. The van der Waals surface area contributed by atoms with Crippen molar-refractivity contribution in [1.82, 2.24) is 9.96 Å². The zero-order valence-electron chi connectivity index (χ0n) is 17.2. The number of rotatable bonds is 6. The highest BCUT2D eigenvalue weighted by atomic mass is 31.2. The van der Waals surface area contributed by atoms with Crippen LogP contribution in [0.25, 0.3) is 0 Å². The van der Waals surface area contributed by atoms with Crippen LogP contribution in [0, 0.1) is 6.92 Å². The van der Waals surface area contributed by atoms with Gasteiger partial charge >= 0.3 is 0 Å². The SMILES string of the molecule is CC.CCC.Cc1ccc(CN(O)C(=O)CN(C)CP(C)(C)=O)cc1. The molecule has 1 aromatic rings. The van der Waals surface area contributed by atoms with Crippen LogP contribution in [0.2, 0.25) is 0 Å². The maximum absolute atomic E-state index is 11.9. The zero-order valence-corrected chi connectivity index (χ0v) is 18.1. The van der Waals surface area contributed by atoms with E-state index < -0.39 is 13.0 Å². The summed E-state index contributed by atoms with van der Waals surface area (Å²) in [5.41, 5.74) is 2.00. The van der Waals surface area contributed by atoms with Crippen LogP contribution in [0.3, 0.4) is 0 Å². The molecule has 0 saturated heterocycles. The summed E-state index contributed by atoms with van der Waals surface area (Å²) in [5, 5.41) is 10.5. The van der Waals surface area contributed by atoms with Gasteiger partial charge in [-0.2, -0.15) is 0 Å². The largest absolute Gasteiger partial charge is 0.323 e. The Labute approximate surface area is 154 Å². The second kappa shape index (κ2) is 14.1. The summed E-state index contributed by atoms with van der Waals surface area (Å²) in [6.45, 7) is 13.8. The Morgan fingerprint density at radius 3 is 1.96 bits per heavy atom. The Balaban J connectivity index is 0. The van der Waals surface area contributed by atoms with Gasteiger partial charge in [-0.25, -0.2) is 5.06 Å². The number of hydroxylamine groups is 2. The average molecular weight is 372 g/mol. The van der Waals surface area contributed by atoms with E-state index in [1.165, 1.54) is 6.42 Å². The summed E-state index contributed by atoms with van der Waals surface area (Å²) < 4.78 is 11.7. The monoisotopic (exact) mass is 372 g/mol. The van der Waals surface area contributed by atoms with Crippen LogP contribution in [-0.4, -0.2) is 54.3 Å². The van der Waals surface area contributed by atoms with Crippen molar-refractivity contribution < 1.29 is 14.6 Å². The van der Waals surface area contributed by atoms with Gasteiger partial charge in [0.25, 0.3) is 5.91 Å². The van der Waals surface area contributed by atoms with Gasteiger partial charge in [0.1, 0.15) is 0 Å². The van der Waals surface area contributed by atoms with E-state index in [-0.39, 0.29) is 13.1 Å². The Bertz CT molecular complexity index is 512. The van der Waals surface area contributed by atoms with Gasteiger partial charge in [-0.1, -0.05) is 63.9 Å². The minimum absolute atomic E-state index is 0.0496. The van der Waals surface area contributed by atoms with E-state index in [2.05, 4.69) is 13.8 Å². The summed E-state index contributed by atoms with van der Waals surface area (Å²) in [6, 6.07) is 7.62. The summed E-state index contributed by atoms with van der Waals surface area (Å²) in [5.74, 6) is -0.401. The highest BCUT2D eigenvalue weighted by Gasteiger charge is 2.17. The molecule has 5 nitrogen and oxygen atoms in total. The molecule has 0 unspecified atom stereocenters. The van der Waals surface area contributed by atoms with Crippen LogP contribution in [0.15, 0.2) is 24.3 Å². The number of amides is 1. The standard InChI is InChI=1S/C14H23N2O3P.C3H8.C2H6/c1-12-5-7-13(8-6-12)9-16(18)14(17)10-15(2)11-20(3,4)19;1-3-2;1-2/h5-8,18H,9-11H2,1-4H3;3H2,1-2H3;1-2H3. The molecule has 0 heterocycles. The molecule has 0 atom stereocenters. The first-order valence-electron chi connectivity index (χ1n) is 8.86. The Kier molecular flexibility index (Phi) is 14.7. The summed E-state index contributed by atoms with van der Waals surface area (Å²) >= 11 is 0. The summed E-state index contributed by atoms with van der Waals surface area (Å²) in [4.78, 5) is 13.5. The molecule has 0 fully saturated rings. The minimum atomic E-state index is -2.21. The van der Waals surface area contributed by atoms with Crippen LogP contribution < -0.4 is 0 Å². The number of nitrogens with zero attached hydrogens (tertiary/aromatic N) is 2. The van der Waals surface area contributed by atoms with Gasteiger partial charge in [0.05, 0.1) is 26.5 Å². The van der Waals surface area contributed by atoms with Crippen LogP contribution in [0.1, 0.15) is 45.2 Å². The third kappa shape index (κ3) is 14.9. The van der Waals surface area contributed by atoms with Gasteiger partial charge < -0.3 is 4.57 Å². The van der Waals surface area contributed by atoms with E-state index in [4.69, 9.17) is 0 Å². The fourth-order valence-corrected chi connectivity index (χ4v) is 3.16. The number of hydrogen-bond donors (Lipinski definition) is 1. The zero-order chi connectivity index (χ0) is 20.0. The van der Waals surface area contributed by atoms with Crippen LogP contribution in [0.5, 0.6) is 0 Å².